The van der Waals surface area contributed by atoms with E-state index in [1.54, 1.807) is 12.4 Å². The minimum atomic E-state index is 0.0227. The van der Waals surface area contributed by atoms with Crippen molar-refractivity contribution in [1.29, 1.82) is 0 Å². The van der Waals surface area contributed by atoms with Crippen molar-refractivity contribution in [3.8, 4) is 5.75 Å². The number of nitrogens with one attached hydrogen (secondary N) is 1. The van der Waals surface area contributed by atoms with Crippen molar-refractivity contribution in [3.05, 3.63) is 42.2 Å². The number of nitrogens with zero attached hydrogens (tertiary/aromatic N) is 3. The fourth-order valence-electron chi connectivity index (χ4n) is 2.89. The zero-order chi connectivity index (χ0) is 17.5. The molecule has 0 saturated carbocycles. The molecule has 25 heavy (non-hydrogen) atoms. The largest absolute Gasteiger partial charge is 0.494 e. The quantitative estimate of drug-likeness (QED) is 0.900. The highest BCUT2D eigenvalue weighted by Crippen LogP contribution is 2.18. The molecule has 6 heteroatoms. The second-order valence-corrected chi connectivity index (χ2v) is 6.08. The van der Waals surface area contributed by atoms with Crippen LogP contribution in [-0.2, 0) is 0 Å². The minimum Gasteiger partial charge on any atom is -0.494 e. The van der Waals surface area contributed by atoms with Gasteiger partial charge in [0.05, 0.1) is 12.2 Å². The van der Waals surface area contributed by atoms with Crippen LogP contribution >= 0.6 is 0 Å². The predicted molar refractivity (Wildman–Crippen MR) is 97.3 cm³/mol. The molecule has 3 rings (SSSR count). The number of likely N-dealkylation sites (tertiary alicyclic amines) is 1. The highest BCUT2D eigenvalue weighted by Gasteiger charge is 2.17. The van der Waals surface area contributed by atoms with Gasteiger partial charge >= 0.3 is 0 Å². The lowest BCUT2D eigenvalue weighted by Crippen LogP contribution is -2.32. The van der Waals surface area contributed by atoms with Crippen LogP contribution in [0.3, 0.4) is 0 Å². The standard InChI is InChI=1S/C19H24N4O2/c1-2-25-17-9-7-16(8-10-17)22-19-20-13-15(14-21-19)18(24)23-11-5-3-4-6-12-23/h7-10,13-14H,2-6,11-12H2,1H3,(H,20,21,22). The number of aromatic nitrogens is 2. The Bertz CT molecular complexity index is 678. The molecule has 2 aromatic rings. The number of carbonyl (C=O) groups excluding carboxylic acids is 1. The van der Waals surface area contributed by atoms with Crippen LogP contribution in [0.5, 0.6) is 5.75 Å². The monoisotopic (exact) mass is 340 g/mol. The van der Waals surface area contributed by atoms with Crippen molar-refractivity contribution in [1.82, 2.24) is 14.9 Å². The Labute approximate surface area is 148 Å². The molecule has 1 aromatic carbocycles. The number of ether oxygens (including phenoxy) is 1. The summed E-state index contributed by atoms with van der Waals surface area (Å²) < 4.78 is 5.42. The Morgan fingerprint density at radius 1 is 1.08 bits per heavy atom. The Morgan fingerprint density at radius 2 is 1.72 bits per heavy atom. The normalized spacial score (nSPS) is 14.7. The van der Waals surface area contributed by atoms with Crippen LogP contribution in [0.15, 0.2) is 36.7 Å². The average molecular weight is 340 g/mol. The van der Waals surface area contributed by atoms with E-state index in [1.807, 2.05) is 36.1 Å². The van der Waals surface area contributed by atoms with Gasteiger partial charge in [-0.15, -0.1) is 0 Å². The van der Waals surface area contributed by atoms with Crippen LogP contribution in [-0.4, -0.2) is 40.5 Å². The number of benzene rings is 1. The van der Waals surface area contributed by atoms with Crippen LogP contribution in [0.25, 0.3) is 0 Å². The van der Waals surface area contributed by atoms with Crippen LogP contribution in [0.1, 0.15) is 43.0 Å². The van der Waals surface area contributed by atoms with Gasteiger partial charge in [0.2, 0.25) is 5.95 Å². The third-order valence-corrected chi connectivity index (χ3v) is 4.21. The molecule has 1 saturated heterocycles. The van der Waals surface area contributed by atoms with Crippen molar-refractivity contribution < 1.29 is 9.53 Å². The van der Waals surface area contributed by atoms with Crippen molar-refractivity contribution in [2.45, 2.75) is 32.6 Å². The SMILES string of the molecule is CCOc1ccc(Nc2ncc(C(=O)N3CCCCCC3)cn2)cc1. The molecule has 6 nitrogen and oxygen atoms in total. The maximum absolute atomic E-state index is 12.5. The van der Waals surface area contributed by atoms with E-state index in [-0.39, 0.29) is 5.91 Å². The fraction of sp³-hybridized carbons (Fsp3) is 0.421. The van der Waals surface area contributed by atoms with E-state index in [2.05, 4.69) is 15.3 Å². The van der Waals surface area contributed by atoms with Crippen LogP contribution in [0, 0.1) is 0 Å². The number of hydrogen-bond donors (Lipinski definition) is 1. The summed E-state index contributed by atoms with van der Waals surface area (Å²) in [5.41, 5.74) is 1.41. The van der Waals surface area contributed by atoms with Gasteiger partial charge in [-0.05, 0) is 44.0 Å². The summed E-state index contributed by atoms with van der Waals surface area (Å²) in [7, 11) is 0. The van der Waals surface area contributed by atoms with Gasteiger partial charge in [0.15, 0.2) is 0 Å². The van der Waals surface area contributed by atoms with E-state index in [4.69, 9.17) is 4.74 Å². The molecule has 0 radical (unpaired) electrons. The Morgan fingerprint density at radius 3 is 2.32 bits per heavy atom. The first kappa shape index (κ1) is 17.2. The summed E-state index contributed by atoms with van der Waals surface area (Å²) in [5.74, 6) is 1.32. The second-order valence-electron chi connectivity index (χ2n) is 6.08. The summed E-state index contributed by atoms with van der Waals surface area (Å²) in [4.78, 5) is 23.0. The topological polar surface area (TPSA) is 67.3 Å². The molecule has 132 valence electrons. The molecular weight excluding hydrogens is 316 g/mol. The number of amides is 1. The predicted octanol–water partition coefficient (Wildman–Crippen LogP) is 3.64. The lowest BCUT2D eigenvalue weighted by molar-refractivity contribution is 0.0761. The summed E-state index contributed by atoms with van der Waals surface area (Å²) in [6.07, 6.45) is 7.73. The molecule has 1 aromatic heterocycles. The van der Waals surface area contributed by atoms with Crippen molar-refractivity contribution in [3.63, 3.8) is 0 Å². The van der Waals surface area contributed by atoms with Crippen molar-refractivity contribution in [2.24, 2.45) is 0 Å². The molecule has 0 spiro atoms. The fourth-order valence-corrected chi connectivity index (χ4v) is 2.89. The van der Waals surface area contributed by atoms with Crippen LogP contribution < -0.4 is 10.1 Å². The highest BCUT2D eigenvalue weighted by molar-refractivity contribution is 5.93. The average Bonchev–Trinajstić information content (AvgIpc) is 2.93. The summed E-state index contributed by atoms with van der Waals surface area (Å²) >= 11 is 0. The summed E-state index contributed by atoms with van der Waals surface area (Å²) in [6, 6.07) is 7.60. The van der Waals surface area contributed by atoms with E-state index in [0.717, 1.165) is 37.4 Å². The third-order valence-electron chi connectivity index (χ3n) is 4.21. The van der Waals surface area contributed by atoms with Gasteiger partial charge in [-0.3, -0.25) is 4.79 Å². The molecule has 0 bridgehead atoms. The van der Waals surface area contributed by atoms with E-state index in [0.29, 0.717) is 18.1 Å². The van der Waals surface area contributed by atoms with E-state index in [9.17, 15) is 4.79 Å². The van der Waals surface area contributed by atoms with Crippen molar-refractivity contribution in [2.75, 3.05) is 25.0 Å². The molecule has 2 heterocycles. The van der Waals surface area contributed by atoms with Crippen LogP contribution in [0.2, 0.25) is 0 Å². The van der Waals surface area contributed by atoms with E-state index < -0.39 is 0 Å². The van der Waals surface area contributed by atoms with Gasteiger partial charge in [-0.2, -0.15) is 0 Å². The van der Waals surface area contributed by atoms with Crippen LogP contribution in [0.4, 0.5) is 11.6 Å². The molecule has 0 unspecified atom stereocenters. The van der Waals surface area contributed by atoms with E-state index in [1.165, 1.54) is 12.8 Å². The third kappa shape index (κ3) is 4.68. The second kappa shape index (κ2) is 8.46. The molecule has 1 amide bonds. The lowest BCUT2D eigenvalue weighted by atomic mass is 10.2. The van der Waals surface area contributed by atoms with Gasteiger partial charge in [0.25, 0.3) is 5.91 Å². The van der Waals surface area contributed by atoms with Crippen molar-refractivity contribution >= 4 is 17.5 Å². The number of hydrogen-bond acceptors (Lipinski definition) is 5. The van der Waals surface area contributed by atoms with Gasteiger partial charge in [0.1, 0.15) is 5.75 Å². The molecule has 0 aliphatic carbocycles. The molecule has 1 fully saturated rings. The van der Waals surface area contributed by atoms with Gasteiger partial charge in [-0.25, -0.2) is 9.97 Å². The maximum Gasteiger partial charge on any atom is 0.256 e. The van der Waals surface area contributed by atoms with Gasteiger partial charge in [-0.1, -0.05) is 12.8 Å². The number of carbonyl (C=O) groups is 1. The Kier molecular flexibility index (Phi) is 5.82. The summed E-state index contributed by atoms with van der Waals surface area (Å²) in [5, 5.41) is 3.13. The van der Waals surface area contributed by atoms with Gasteiger partial charge in [0, 0.05) is 31.2 Å². The first-order valence-electron chi connectivity index (χ1n) is 8.87. The lowest BCUT2D eigenvalue weighted by Gasteiger charge is -2.19. The Hall–Kier alpha value is -2.63. The molecule has 1 aliphatic rings. The van der Waals surface area contributed by atoms with E-state index >= 15 is 0 Å². The zero-order valence-corrected chi connectivity index (χ0v) is 14.6. The number of rotatable bonds is 5. The smallest absolute Gasteiger partial charge is 0.256 e. The molecule has 0 atom stereocenters. The molecule has 1 N–H and O–H groups in total. The molecular formula is C19H24N4O2. The first-order chi connectivity index (χ1) is 12.3. The zero-order valence-electron chi connectivity index (χ0n) is 14.6. The summed E-state index contributed by atoms with van der Waals surface area (Å²) in [6.45, 7) is 4.24. The highest BCUT2D eigenvalue weighted by atomic mass is 16.5. The van der Waals surface area contributed by atoms with Gasteiger partial charge < -0.3 is 15.0 Å². The molecule has 1 aliphatic heterocycles. The number of anilines is 2. The first-order valence-corrected chi connectivity index (χ1v) is 8.87. The maximum atomic E-state index is 12.5. The Balaban J connectivity index is 1.62. The minimum absolute atomic E-state index is 0.0227.